The Hall–Kier alpha value is 0. The number of hydrogen-bond acceptors (Lipinski definition) is 0. The van der Waals surface area contributed by atoms with Crippen LogP contribution in [-0.4, -0.2) is 0 Å². The molecule has 0 aromatic carbocycles. The van der Waals surface area contributed by atoms with E-state index in [-0.39, 0.29) is 0 Å². The van der Waals surface area contributed by atoms with E-state index in [4.69, 9.17) is 0 Å². The Bertz CT molecular complexity index is 157. The van der Waals surface area contributed by atoms with E-state index in [0.717, 1.165) is 6.42 Å². The fourth-order valence-corrected chi connectivity index (χ4v) is 3.43. The summed E-state index contributed by atoms with van der Waals surface area (Å²) >= 11 is 0. The smallest absolute Gasteiger partial charge is 0.0533 e. The maximum absolute atomic E-state index is 3.88. The molecule has 0 N–H and O–H groups in total. The molecule has 1 saturated carbocycles. The minimum atomic E-state index is 1.12. The van der Waals surface area contributed by atoms with E-state index >= 15 is 0 Å². The normalized spacial score (nSPS) is 13.8. The average Bonchev–Trinajstić information content (AvgIpc) is 3.15. The molecule has 0 aromatic rings. The molecule has 1 rings (SSSR count). The van der Waals surface area contributed by atoms with Gasteiger partial charge in [-0.2, -0.15) is 0 Å². The second-order valence-electron chi connectivity index (χ2n) is 7.57. The lowest BCUT2D eigenvalue weighted by Gasteiger charge is -2.03. The molecule has 1 fully saturated rings. The van der Waals surface area contributed by atoms with Gasteiger partial charge in [-0.05, 0) is 0 Å². The maximum atomic E-state index is 3.88. The van der Waals surface area contributed by atoms with E-state index in [1.54, 1.807) is 0 Å². The molecule has 0 heterocycles. The molecule has 0 bridgehead atoms. The van der Waals surface area contributed by atoms with Crippen LogP contribution in [-0.2, 0) is 0 Å². The molecular formula is C23H47. The zero-order valence-corrected chi connectivity index (χ0v) is 16.6. The van der Waals surface area contributed by atoms with Crippen LogP contribution in [0.4, 0.5) is 0 Å². The van der Waals surface area contributed by atoms with Crippen molar-refractivity contribution in [3.8, 4) is 0 Å². The summed E-state index contributed by atoms with van der Waals surface area (Å²) in [5, 5.41) is 0. The molecule has 0 unspecified atom stereocenters. The first-order valence-electron chi connectivity index (χ1n) is 11.2. The third-order valence-electron chi connectivity index (χ3n) is 5.10. The second kappa shape index (κ2) is 22.0. The summed E-state index contributed by atoms with van der Waals surface area (Å²) in [6.45, 7) is 6.18. The molecule has 0 spiro atoms. The Kier molecular flexibility index (Phi) is 22.0. The van der Waals surface area contributed by atoms with Crippen molar-refractivity contribution in [2.75, 3.05) is 0 Å². The van der Waals surface area contributed by atoms with Gasteiger partial charge in [0.1, 0.15) is 0 Å². The highest BCUT2D eigenvalue weighted by molar-refractivity contribution is 4.51. The topological polar surface area (TPSA) is 0 Å². The van der Waals surface area contributed by atoms with Crippen molar-refractivity contribution >= 4 is 0 Å². The Morgan fingerprint density at radius 3 is 0.957 bits per heavy atom. The SMILES string of the molecule is C1CCCC1.[CH2]CCCCCCCCCCCCCCCCC. The molecule has 0 nitrogen and oxygen atoms in total. The predicted octanol–water partition coefficient (Wildman–Crippen LogP) is 9.03. The molecule has 23 heavy (non-hydrogen) atoms. The largest absolute Gasteiger partial charge is 0.0654 e. The molecule has 0 atom stereocenters. The van der Waals surface area contributed by atoms with E-state index in [0.29, 0.717) is 0 Å². The highest BCUT2D eigenvalue weighted by Crippen LogP contribution is 2.15. The van der Waals surface area contributed by atoms with Crippen LogP contribution >= 0.6 is 0 Å². The van der Waals surface area contributed by atoms with Gasteiger partial charge in [-0.3, -0.25) is 0 Å². The van der Waals surface area contributed by atoms with Crippen molar-refractivity contribution in [2.45, 2.75) is 142 Å². The van der Waals surface area contributed by atoms with Gasteiger partial charge in [0.2, 0.25) is 0 Å². The lowest BCUT2D eigenvalue weighted by Crippen LogP contribution is -1.83. The molecular weight excluding hydrogens is 276 g/mol. The predicted molar refractivity (Wildman–Crippen MR) is 108 cm³/mol. The summed E-state index contributed by atoms with van der Waals surface area (Å²) < 4.78 is 0. The summed E-state index contributed by atoms with van der Waals surface area (Å²) in [5.41, 5.74) is 0. The van der Waals surface area contributed by atoms with Gasteiger partial charge in [0.25, 0.3) is 0 Å². The Morgan fingerprint density at radius 2 is 0.696 bits per heavy atom. The molecule has 0 heteroatoms. The molecule has 1 aliphatic rings. The van der Waals surface area contributed by atoms with Crippen LogP contribution < -0.4 is 0 Å². The molecule has 0 amide bonds. The van der Waals surface area contributed by atoms with E-state index in [9.17, 15) is 0 Å². The lowest BCUT2D eigenvalue weighted by molar-refractivity contribution is 0.533. The van der Waals surface area contributed by atoms with Gasteiger partial charge in [-0.1, -0.05) is 149 Å². The zero-order valence-electron chi connectivity index (χ0n) is 16.6. The van der Waals surface area contributed by atoms with Crippen molar-refractivity contribution < 1.29 is 0 Å². The number of rotatable bonds is 15. The van der Waals surface area contributed by atoms with E-state index in [1.165, 1.54) is 128 Å². The fraction of sp³-hybridized carbons (Fsp3) is 0.957. The fourth-order valence-electron chi connectivity index (χ4n) is 3.43. The van der Waals surface area contributed by atoms with Crippen LogP contribution in [0.3, 0.4) is 0 Å². The van der Waals surface area contributed by atoms with Gasteiger partial charge in [-0.15, -0.1) is 0 Å². The highest BCUT2D eigenvalue weighted by Gasteiger charge is 1.95. The minimum absolute atomic E-state index is 1.12. The quantitative estimate of drug-likeness (QED) is 0.264. The molecule has 0 aliphatic heterocycles. The van der Waals surface area contributed by atoms with Gasteiger partial charge in [0.15, 0.2) is 0 Å². The minimum Gasteiger partial charge on any atom is -0.0654 e. The van der Waals surface area contributed by atoms with Gasteiger partial charge in [0.05, 0.1) is 0 Å². The van der Waals surface area contributed by atoms with E-state index < -0.39 is 0 Å². The zero-order chi connectivity index (χ0) is 16.8. The number of hydrogen-bond donors (Lipinski definition) is 0. The van der Waals surface area contributed by atoms with Crippen LogP contribution in [0.2, 0.25) is 0 Å². The first-order valence-corrected chi connectivity index (χ1v) is 11.2. The van der Waals surface area contributed by atoms with Crippen molar-refractivity contribution in [3.63, 3.8) is 0 Å². The van der Waals surface area contributed by atoms with Crippen molar-refractivity contribution in [2.24, 2.45) is 0 Å². The van der Waals surface area contributed by atoms with Crippen LogP contribution in [0.5, 0.6) is 0 Å². The van der Waals surface area contributed by atoms with Crippen LogP contribution in [0, 0.1) is 6.92 Å². The van der Waals surface area contributed by atoms with E-state index in [1.807, 2.05) is 0 Å². The molecule has 139 valence electrons. The third-order valence-corrected chi connectivity index (χ3v) is 5.10. The van der Waals surface area contributed by atoms with Crippen LogP contribution in [0.1, 0.15) is 142 Å². The first-order chi connectivity index (χ1) is 11.4. The average molecular weight is 324 g/mol. The van der Waals surface area contributed by atoms with Gasteiger partial charge >= 0.3 is 0 Å². The van der Waals surface area contributed by atoms with Crippen LogP contribution in [0.25, 0.3) is 0 Å². The number of unbranched alkanes of at least 4 members (excludes halogenated alkanes) is 15. The summed E-state index contributed by atoms with van der Waals surface area (Å²) in [4.78, 5) is 0. The molecule has 1 aliphatic carbocycles. The first kappa shape index (κ1) is 23.0. The highest BCUT2D eigenvalue weighted by atomic mass is 14.0. The second-order valence-corrected chi connectivity index (χ2v) is 7.57. The summed E-state index contributed by atoms with van der Waals surface area (Å²) in [7, 11) is 0. The monoisotopic (exact) mass is 323 g/mol. The molecule has 0 saturated heterocycles. The van der Waals surface area contributed by atoms with Crippen molar-refractivity contribution in [3.05, 3.63) is 6.92 Å². The maximum Gasteiger partial charge on any atom is -0.0533 e. The summed E-state index contributed by atoms with van der Waals surface area (Å²) in [6.07, 6.45) is 30.3. The molecule has 1 radical (unpaired) electrons. The van der Waals surface area contributed by atoms with Crippen molar-refractivity contribution in [1.29, 1.82) is 0 Å². The molecule has 0 aromatic heterocycles. The summed E-state index contributed by atoms with van der Waals surface area (Å²) in [5.74, 6) is 0. The Balaban J connectivity index is 0.000000809. The van der Waals surface area contributed by atoms with Crippen molar-refractivity contribution in [1.82, 2.24) is 0 Å². The Morgan fingerprint density at radius 1 is 0.435 bits per heavy atom. The standard InChI is InChI=1S/C18H37.C5H10/c1-3-5-7-9-11-13-15-17-18-16-14-12-10-8-6-4-2;1-2-4-5-3-1/h1,3-18H2,2H3;1-5H2. The Labute approximate surface area is 149 Å². The van der Waals surface area contributed by atoms with Gasteiger partial charge < -0.3 is 0 Å². The third kappa shape index (κ3) is 22.0. The van der Waals surface area contributed by atoms with Crippen LogP contribution in [0.15, 0.2) is 0 Å². The van der Waals surface area contributed by atoms with Gasteiger partial charge in [-0.25, -0.2) is 0 Å². The van der Waals surface area contributed by atoms with E-state index in [2.05, 4.69) is 13.8 Å². The lowest BCUT2D eigenvalue weighted by atomic mass is 10.0. The van der Waals surface area contributed by atoms with Gasteiger partial charge in [0, 0.05) is 0 Å². The summed E-state index contributed by atoms with van der Waals surface area (Å²) in [6, 6.07) is 0.